The number of nitrogens with two attached hydrogens (primary N) is 1. The number of hydrogen-bond acceptors (Lipinski definition) is 4. The van der Waals surface area contributed by atoms with Crippen LogP contribution >= 0.6 is 0 Å². The lowest BCUT2D eigenvalue weighted by Crippen LogP contribution is -2.33. The first-order valence-corrected chi connectivity index (χ1v) is 6.39. The number of carbonyl (C=O) groups is 1. The Hall–Kier alpha value is -2.11. The maximum Gasteiger partial charge on any atom is 0.292 e. The maximum atomic E-state index is 12.4. The van der Waals surface area contributed by atoms with Gasteiger partial charge in [0, 0.05) is 24.2 Å². The van der Waals surface area contributed by atoms with E-state index in [9.17, 15) is 14.9 Å². The minimum Gasteiger partial charge on any atom is -0.393 e. The van der Waals surface area contributed by atoms with E-state index in [4.69, 9.17) is 5.73 Å². The first kappa shape index (κ1) is 13.3. The number of nitrogens with zero attached hydrogens (tertiary/aromatic N) is 2. The zero-order valence-electron chi connectivity index (χ0n) is 10.8. The van der Waals surface area contributed by atoms with Crippen LogP contribution in [0.5, 0.6) is 0 Å². The molecule has 0 aromatic heterocycles. The van der Waals surface area contributed by atoms with E-state index in [1.807, 2.05) is 11.8 Å². The van der Waals surface area contributed by atoms with E-state index < -0.39 is 4.92 Å². The van der Waals surface area contributed by atoms with E-state index >= 15 is 0 Å². The molecule has 1 fully saturated rings. The third-order valence-electron chi connectivity index (χ3n) is 3.18. The smallest absolute Gasteiger partial charge is 0.292 e. The highest BCUT2D eigenvalue weighted by molar-refractivity contribution is 5.96. The van der Waals surface area contributed by atoms with Crippen LogP contribution in [0.3, 0.4) is 0 Å². The Morgan fingerprint density at radius 3 is 2.68 bits per heavy atom. The number of nitro groups is 1. The summed E-state index contributed by atoms with van der Waals surface area (Å²) in [5, 5.41) is 10.7. The van der Waals surface area contributed by atoms with Crippen molar-refractivity contribution < 1.29 is 9.72 Å². The van der Waals surface area contributed by atoms with Gasteiger partial charge in [0.15, 0.2) is 0 Å². The Kier molecular flexibility index (Phi) is 3.69. The molecule has 1 aromatic carbocycles. The lowest BCUT2D eigenvalue weighted by molar-refractivity contribution is -0.383. The summed E-state index contributed by atoms with van der Waals surface area (Å²) in [4.78, 5) is 24.3. The van der Waals surface area contributed by atoms with Crippen molar-refractivity contribution in [2.75, 3.05) is 12.3 Å². The van der Waals surface area contributed by atoms with Crippen molar-refractivity contribution in [1.82, 2.24) is 4.90 Å². The molecule has 0 saturated heterocycles. The Morgan fingerprint density at radius 1 is 1.53 bits per heavy atom. The molecular weight excluding hydrogens is 246 g/mol. The number of carbonyl (C=O) groups excluding carboxylic acids is 1. The topological polar surface area (TPSA) is 89.5 Å². The molecule has 0 spiro atoms. The molecule has 1 amide bonds. The number of nitro benzene ring substituents is 1. The van der Waals surface area contributed by atoms with Crippen LogP contribution in [0.15, 0.2) is 18.2 Å². The summed E-state index contributed by atoms with van der Waals surface area (Å²) < 4.78 is 0. The van der Waals surface area contributed by atoms with Gasteiger partial charge in [-0.15, -0.1) is 0 Å². The third kappa shape index (κ3) is 2.83. The van der Waals surface area contributed by atoms with E-state index in [0.29, 0.717) is 18.2 Å². The molecule has 0 heterocycles. The highest BCUT2D eigenvalue weighted by Crippen LogP contribution is 2.29. The van der Waals surface area contributed by atoms with Gasteiger partial charge in [-0.05, 0) is 31.4 Å². The molecule has 0 radical (unpaired) electrons. The number of nitrogen functional groups attached to an aromatic ring is 1. The van der Waals surface area contributed by atoms with Gasteiger partial charge in [-0.2, -0.15) is 0 Å². The van der Waals surface area contributed by atoms with Gasteiger partial charge in [-0.25, -0.2) is 0 Å². The fourth-order valence-electron chi connectivity index (χ4n) is 2.10. The quantitative estimate of drug-likeness (QED) is 0.501. The average molecular weight is 263 g/mol. The summed E-state index contributed by atoms with van der Waals surface area (Å²) in [7, 11) is 0. The van der Waals surface area contributed by atoms with Gasteiger partial charge in [0.2, 0.25) is 0 Å². The van der Waals surface area contributed by atoms with Crippen LogP contribution in [0.4, 0.5) is 11.4 Å². The summed E-state index contributed by atoms with van der Waals surface area (Å²) in [6.45, 7) is 2.73. The Morgan fingerprint density at radius 2 is 2.21 bits per heavy atom. The van der Waals surface area contributed by atoms with Crippen LogP contribution < -0.4 is 5.73 Å². The molecule has 0 atom stereocenters. The first-order chi connectivity index (χ1) is 9.04. The van der Waals surface area contributed by atoms with Crippen molar-refractivity contribution in [1.29, 1.82) is 0 Å². The maximum absolute atomic E-state index is 12.4. The van der Waals surface area contributed by atoms with Crippen molar-refractivity contribution in [3.63, 3.8) is 0 Å². The molecule has 1 aromatic rings. The Labute approximate surface area is 111 Å². The minimum atomic E-state index is -0.547. The normalized spacial score (nSPS) is 14.2. The van der Waals surface area contributed by atoms with Gasteiger partial charge < -0.3 is 10.6 Å². The monoisotopic (exact) mass is 263 g/mol. The molecule has 2 rings (SSSR count). The molecule has 1 aliphatic carbocycles. The molecule has 6 heteroatoms. The van der Waals surface area contributed by atoms with Crippen LogP contribution in [0.1, 0.15) is 36.5 Å². The number of anilines is 1. The summed E-state index contributed by atoms with van der Waals surface area (Å²) in [6.07, 6.45) is 2.97. The molecule has 0 unspecified atom stereocenters. The van der Waals surface area contributed by atoms with E-state index in [0.717, 1.165) is 19.3 Å². The largest absolute Gasteiger partial charge is 0.393 e. The molecule has 19 heavy (non-hydrogen) atoms. The number of hydrogen-bond donors (Lipinski definition) is 1. The van der Waals surface area contributed by atoms with Crippen LogP contribution in [0.25, 0.3) is 0 Å². The van der Waals surface area contributed by atoms with Crippen molar-refractivity contribution in [2.45, 2.75) is 32.2 Å². The first-order valence-electron chi connectivity index (χ1n) is 6.39. The lowest BCUT2D eigenvalue weighted by atomic mass is 10.1. The van der Waals surface area contributed by atoms with E-state index in [1.54, 1.807) is 0 Å². The van der Waals surface area contributed by atoms with E-state index in [-0.39, 0.29) is 17.3 Å². The summed E-state index contributed by atoms with van der Waals surface area (Å²) in [6, 6.07) is 4.48. The van der Waals surface area contributed by atoms with Gasteiger partial charge in [0.25, 0.3) is 11.6 Å². The minimum absolute atomic E-state index is 0.0306. The molecule has 0 bridgehead atoms. The number of rotatable bonds is 5. The van der Waals surface area contributed by atoms with Gasteiger partial charge in [-0.3, -0.25) is 14.9 Å². The summed E-state index contributed by atoms with van der Waals surface area (Å²) in [5.74, 6) is -0.0917. The fourth-order valence-corrected chi connectivity index (χ4v) is 2.10. The van der Waals surface area contributed by atoms with Gasteiger partial charge in [-0.1, -0.05) is 6.92 Å². The van der Waals surface area contributed by atoms with Crippen LogP contribution in [-0.4, -0.2) is 28.3 Å². The average Bonchev–Trinajstić information content (AvgIpc) is 3.18. The number of benzene rings is 1. The van der Waals surface area contributed by atoms with Crippen LogP contribution in [-0.2, 0) is 0 Å². The Bertz CT molecular complexity index is 512. The van der Waals surface area contributed by atoms with Crippen molar-refractivity contribution in [3.05, 3.63) is 33.9 Å². The SMILES string of the molecule is CCCN(C(=O)c1ccc([N+](=O)[O-])c(N)c1)C1CC1. The predicted molar refractivity (Wildman–Crippen MR) is 71.9 cm³/mol. The third-order valence-corrected chi connectivity index (χ3v) is 3.18. The summed E-state index contributed by atoms with van der Waals surface area (Å²) in [5.41, 5.74) is 5.90. The molecular formula is C13H17N3O3. The van der Waals surface area contributed by atoms with Gasteiger partial charge in [0.05, 0.1) is 4.92 Å². The second kappa shape index (κ2) is 5.26. The van der Waals surface area contributed by atoms with Crippen molar-refractivity contribution in [2.24, 2.45) is 0 Å². The van der Waals surface area contributed by atoms with Crippen LogP contribution in [0, 0.1) is 10.1 Å². The predicted octanol–water partition coefficient (Wildman–Crippen LogP) is 2.19. The zero-order valence-corrected chi connectivity index (χ0v) is 10.8. The molecule has 6 nitrogen and oxygen atoms in total. The van der Waals surface area contributed by atoms with E-state index in [1.165, 1.54) is 18.2 Å². The Balaban J connectivity index is 2.23. The van der Waals surface area contributed by atoms with Crippen molar-refractivity contribution in [3.8, 4) is 0 Å². The van der Waals surface area contributed by atoms with Gasteiger partial charge in [0.1, 0.15) is 5.69 Å². The second-order valence-corrected chi connectivity index (χ2v) is 4.76. The molecule has 1 aliphatic rings. The highest BCUT2D eigenvalue weighted by atomic mass is 16.6. The van der Waals surface area contributed by atoms with E-state index in [2.05, 4.69) is 0 Å². The number of amides is 1. The van der Waals surface area contributed by atoms with Gasteiger partial charge >= 0.3 is 0 Å². The van der Waals surface area contributed by atoms with Crippen LogP contribution in [0.2, 0.25) is 0 Å². The highest BCUT2D eigenvalue weighted by Gasteiger charge is 2.32. The zero-order chi connectivity index (χ0) is 14.0. The molecule has 0 aliphatic heterocycles. The molecule has 2 N–H and O–H groups in total. The molecule has 102 valence electrons. The summed E-state index contributed by atoms with van der Waals surface area (Å²) >= 11 is 0. The second-order valence-electron chi connectivity index (χ2n) is 4.76. The lowest BCUT2D eigenvalue weighted by Gasteiger charge is -2.21. The standard InChI is InChI=1S/C13H17N3O3/c1-2-7-15(10-4-5-10)13(17)9-3-6-12(16(18)19)11(14)8-9/h3,6,8,10H,2,4-5,7,14H2,1H3. The van der Waals surface area contributed by atoms with Crippen molar-refractivity contribution >= 4 is 17.3 Å². The fraction of sp³-hybridized carbons (Fsp3) is 0.462. The molecule has 1 saturated carbocycles.